The van der Waals surface area contributed by atoms with Crippen molar-refractivity contribution in [3.05, 3.63) is 11.8 Å². The smallest absolute Gasteiger partial charge is 0.244 e. The number of nitrogens with zero attached hydrogens (tertiary/aromatic N) is 1. The molecule has 7 nitrogen and oxygen atoms in total. The second kappa shape index (κ2) is 6.16. The lowest BCUT2D eigenvalue weighted by atomic mass is 9.99. The Labute approximate surface area is 112 Å². The fourth-order valence-electron chi connectivity index (χ4n) is 1.52. The quantitative estimate of drug-likeness (QED) is 0.809. The Morgan fingerprint density at radius 1 is 1.53 bits per heavy atom. The molecule has 0 bridgehead atoms. The molecule has 108 valence electrons. The minimum absolute atomic E-state index is 0.136. The summed E-state index contributed by atoms with van der Waals surface area (Å²) in [6.45, 7) is 5.38. The van der Waals surface area contributed by atoms with Gasteiger partial charge in [0.25, 0.3) is 0 Å². The predicted molar refractivity (Wildman–Crippen MR) is 71.1 cm³/mol. The number of sulfonamides is 1. The molecule has 0 aliphatic carbocycles. The van der Waals surface area contributed by atoms with Crippen LogP contribution in [0.15, 0.2) is 10.6 Å². The van der Waals surface area contributed by atoms with E-state index in [9.17, 15) is 13.2 Å². The third-order valence-electron chi connectivity index (χ3n) is 2.72. The summed E-state index contributed by atoms with van der Waals surface area (Å²) in [4.78, 5) is 12.1. The van der Waals surface area contributed by atoms with Crippen LogP contribution in [0.25, 0.3) is 0 Å². The van der Waals surface area contributed by atoms with Gasteiger partial charge in [0.2, 0.25) is 15.9 Å². The van der Waals surface area contributed by atoms with E-state index in [1.54, 1.807) is 19.9 Å². The van der Waals surface area contributed by atoms with E-state index in [-0.39, 0.29) is 11.7 Å². The van der Waals surface area contributed by atoms with Crippen molar-refractivity contribution >= 4 is 21.7 Å². The molecule has 19 heavy (non-hydrogen) atoms. The Morgan fingerprint density at radius 2 is 2.16 bits per heavy atom. The summed E-state index contributed by atoms with van der Waals surface area (Å²) in [7, 11) is -3.47. The van der Waals surface area contributed by atoms with Crippen LogP contribution < -0.4 is 10.0 Å². The van der Waals surface area contributed by atoms with Gasteiger partial charge in [-0.15, -0.1) is 0 Å². The molecular weight excluding hydrogens is 270 g/mol. The zero-order valence-corrected chi connectivity index (χ0v) is 12.2. The van der Waals surface area contributed by atoms with Crippen molar-refractivity contribution in [1.82, 2.24) is 9.88 Å². The first-order chi connectivity index (χ1) is 8.73. The first kappa shape index (κ1) is 15.6. The second-order valence-corrected chi connectivity index (χ2v) is 6.35. The van der Waals surface area contributed by atoms with Crippen LogP contribution >= 0.6 is 0 Å². The van der Waals surface area contributed by atoms with Gasteiger partial charge in [-0.1, -0.05) is 25.4 Å². The van der Waals surface area contributed by atoms with Gasteiger partial charge < -0.3 is 9.84 Å². The fourth-order valence-corrected chi connectivity index (χ4v) is 2.32. The minimum Gasteiger partial charge on any atom is -0.360 e. The van der Waals surface area contributed by atoms with Gasteiger partial charge in [-0.3, -0.25) is 4.79 Å². The van der Waals surface area contributed by atoms with Crippen LogP contribution in [0, 0.1) is 12.8 Å². The van der Waals surface area contributed by atoms with Gasteiger partial charge in [-0.25, -0.2) is 13.1 Å². The molecule has 0 fully saturated rings. The Kier molecular flexibility index (Phi) is 5.07. The van der Waals surface area contributed by atoms with Crippen LogP contribution in [0.2, 0.25) is 0 Å². The van der Waals surface area contributed by atoms with Gasteiger partial charge in [-0.2, -0.15) is 0 Å². The van der Waals surface area contributed by atoms with Crippen LogP contribution in [0.5, 0.6) is 0 Å². The number of rotatable bonds is 6. The van der Waals surface area contributed by atoms with Gasteiger partial charge in [0.05, 0.1) is 6.26 Å². The van der Waals surface area contributed by atoms with Crippen LogP contribution in [0.3, 0.4) is 0 Å². The number of hydrogen-bond donors (Lipinski definition) is 2. The summed E-state index contributed by atoms with van der Waals surface area (Å²) in [5, 5.41) is 6.17. The van der Waals surface area contributed by atoms with Crippen molar-refractivity contribution in [2.45, 2.75) is 33.2 Å². The van der Waals surface area contributed by atoms with E-state index >= 15 is 0 Å². The molecule has 1 aromatic heterocycles. The first-order valence-electron chi connectivity index (χ1n) is 5.94. The summed E-state index contributed by atoms with van der Waals surface area (Å²) < 4.78 is 29.8. The molecule has 1 heterocycles. The van der Waals surface area contributed by atoms with Crippen LogP contribution in [0.4, 0.5) is 5.82 Å². The lowest BCUT2D eigenvalue weighted by molar-refractivity contribution is -0.118. The number of aromatic nitrogens is 1. The average Bonchev–Trinajstić information content (AvgIpc) is 2.69. The van der Waals surface area contributed by atoms with Gasteiger partial charge >= 0.3 is 0 Å². The average molecular weight is 289 g/mol. The molecule has 8 heteroatoms. The van der Waals surface area contributed by atoms with E-state index < -0.39 is 22.0 Å². The first-order valence-corrected chi connectivity index (χ1v) is 7.83. The van der Waals surface area contributed by atoms with Gasteiger partial charge in [-0.05, 0) is 12.8 Å². The maximum Gasteiger partial charge on any atom is 0.244 e. The Hall–Kier alpha value is -1.41. The number of hydrogen-bond acceptors (Lipinski definition) is 5. The maximum atomic E-state index is 12.1. The molecule has 1 amide bonds. The van der Waals surface area contributed by atoms with E-state index in [1.807, 2.05) is 6.92 Å². The largest absolute Gasteiger partial charge is 0.360 e. The maximum absolute atomic E-state index is 12.1. The number of nitrogens with one attached hydrogen (secondary N) is 2. The minimum atomic E-state index is -3.47. The number of aryl methyl sites for hydroxylation is 1. The lowest BCUT2D eigenvalue weighted by Crippen LogP contribution is -2.47. The highest BCUT2D eigenvalue weighted by atomic mass is 32.2. The van der Waals surface area contributed by atoms with Gasteiger partial charge in [0.15, 0.2) is 5.82 Å². The molecule has 2 N–H and O–H groups in total. The van der Waals surface area contributed by atoms with Crippen molar-refractivity contribution in [2.24, 2.45) is 5.92 Å². The lowest BCUT2D eigenvalue weighted by Gasteiger charge is -2.21. The molecule has 0 aromatic carbocycles. The number of anilines is 1. The topological polar surface area (TPSA) is 101 Å². The van der Waals surface area contributed by atoms with Gasteiger partial charge in [0, 0.05) is 6.07 Å². The highest BCUT2D eigenvalue weighted by molar-refractivity contribution is 7.88. The molecule has 1 rings (SSSR count). The third kappa shape index (κ3) is 4.99. The number of carbonyl (C=O) groups excluding carboxylic acids is 1. The van der Waals surface area contributed by atoms with Crippen LogP contribution in [-0.4, -0.2) is 31.8 Å². The summed E-state index contributed by atoms with van der Waals surface area (Å²) in [5.41, 5.74) is 0. The monoisotopic (exact) mass is 289 g/mol. The van der Waals surface area contributed by atoms with Crippen LogP contribution in [-0.2, 0) is 14.8 Å². The highest BCUT2D eigenvalue weighted by Crippen LogP contribution is 2.13. The Bertz CT molecular complexity index is 538. The molecule has 2 atom stereocenters. The second-order valence-electron chi connectivity index (χ2n) is 4.57. The summed E-state index contributed by atoms with van der Waals surface area (Å²) in [6, 6.07) is 0.725. The van der Waals surface area contributed by atoms with Crippen molar-refractivity contribution in [3.63, 3.8) is 0 Å². The number of carbonyl (C=O) groups is 1. The van der Waals surface area contributed by atoms with E-state index in [2.05, 4.69) is 15.2 Å². The summed E-state index contributed by atoms with van der Waals surface area (Å²) >= 11 is 0. The molecule has 1 aromatic rings. The van der Waals surface area contributed by atoms with Crippen molar-refractivity contribution < 1.29 is 17.7 Å². The molecule has 0 radical (unpaired) electrons. The predicted octanol–water partition coefficient (Wildman–Crippen LogP) is 0.885. The molecule has 1 unspecified atom stereocenters. The number of amides is 1. The van der Waals surface area contributed by atoms with Crippen LogP contribution in [0.1, 0.15) is 26.0 Å². The van der Waals surface area contributed by atoms with E-state index in [4.69, 9.17) is 4.52 Å². The third-order valence-corrected chi connectivity index (χ3v) is 3.40. The Balaban J connectivity index is 2.82. The molecule has 0 aliphatic rings. The van der Waals surface area contributed by atoms with Crippen molar-refractivity contribution in [2.75, 3.05) is 11.6 Å². The molecule has 0 spiro atoms. The highest BCUT2D eigenvalue weighted by Gasteiger charge is 2.27. The molecule has 0 saturated carbocycles. The zero-order chi connectivity index (χ0) is 14.6. The van der Waals surface area contributed by atoms with E-state index in [0.29, 0.717) is 12.2 Å². The molecule has 0 aliphatic heterocycles. The van der Waals surface area contributed by atoms with Crippen molar-refractivity contribution in [1.29, 1.82) is 0 Å². The molecule has 0 saturated heterocycles. The van der Waals surface area contributed by atoms with Gasteiger partial charge in [0.1, 0.15) is 11.8 Å². The van der Waals surface area contributed by atoms with E-state index in [1.165, 1.54) is 0 Å². The fraction of sp³-hybridized carbons (Fsp3) is 0.636. The summed E-state index contributed by atoms with van der Waals surface area (Å²) in [5.74, 6) is 0.244. The SMILES string of the molecule is CCC(C)[C@H](NS(C)(=O)=O)C(=O)Nc1cc(C)on1. The Morgan fingerprint density at radius 3 is 2.58 bits per heavy atom. The van der Waals surface area contributed by atoms with E-state index in [0.717, 1.165) is 6.26 Å². The summed E-state index contributed by atoms with van der Waals surface area (Å²) in [6.07, 6.45) is 1.69. The standard InChI is InChI=1S/C11H19N3O4S/c1-5-7(2)10(14-19(4,16)17)11(15)12-9-6-8(3)18-13-9/h6-7,10,14H,5H2,1-4H3,(H,12,13,15)/t7?,10-/m0/s1. The van der Waals surface area contributed by atoms with Crippen molar-refractivity contribution in [3.8, 4) is 0 Å². The normalized spacial score (nSPS) is 14.9. The zero-order valence-electron chi connectivity index (χ0n) is 11.4. The molecular formula is C11H19N3O4S.